The first-order chi connectivity index (χ1) is 4.50. The molecule has 0 heterocycles. The fourth-order valence-electron chi connectivity index (χ4n) is 0.378. The number of thioether (sulfide) groups is 1. The molecular formula is C5H12N2O2S. The monoisotopic (exact) mass is 164 g/mol. The highest BCUT2D eigenvalue weighted by Gasteiger charge is 2.27. The third-order valence-corrected chi connectivity index (χ3v) is 1.73. The molecule has 5 N–H and O–H groups in total. The highest BCUT2D eigenvalue weighted by molar-refractivity contribution is 7.98. The Kier molecular flexibility index (Phi) is 3.70. The van der Waals surface area contributed by atoms with Crippen LogP contribution >= 0.6 is 11.8 Å². The van der Waals surface area contributed by atoms with E-state index in [1.807, 2.05) is 6.26 Å². The standard InChI is InChI=1S/C5H12N2O2S/c1-10-3-2-5(6,7)4(8)9/h2-3,6-7H2,1H3,(H,8,9). The number of hydrogen-bond acceptors (Lipinski definition) is 4. The van der Waals surface area contributed by atoms with Crippen molar-refractivity contribution in [3.8, 4) is 0 Å². The van der Waals surface area contributed by atoms with Gasteiger partial charge in [-0.15, -0.1) is 0 Å². The molecule has 0 atom stereocenters. The van der Waals surface area contributed by atoms with Gasteiger partial charge in [-0.05, 0) is 18.4 Å². The van der Waals surface area contributed by atoms with Crippen LogP contribution in [-0.4, -0.2) is 28.7 Å². The SMILES string of the molecule is CSCCC(N)(N)C(=O)O. The van der Waals surface area contributed by atoms with Gasteiger partial charge >= 0.3 is 5.97 Å². The van der Waals surface area contributed by atoms with Gasteiger partial charge in [0.2, 0.25) is 0 Å². The molecule has 60 valence electrons. The van der Waals surface area contributed by atoms with E-state index >= 15 is 0 Å². The second-order valence-corrected chi connectivity index (χ2v) is 3.07. The molecule has 0 aromatic heterocycles. The van der Waals surface area contributed by atoms with Crippen LogP contribution in [0.1, 0.15) is 6.42 Å². The first-order valence-corrected chi connectivity index (χ1v) is 4.20. The average molecular weight is 164 g/mol. The molecule has 0 aromatic rings. The number of carboxylic acids is 1. The van der Waals surface area contributed by atoms with E-state index in [4.69, 9.17) is 16.6 Å². The summed E-state index contributed by atoms with van der Waals surface area (Å²) in [6, 6.07) is 0. The smallest absolute Gasteiger partial charge is 0.338 e. The lowest BCUT2D eigenvalue weighted by atomic mass is 10.1. The molecule has 0 radical (unpaired) electrons. The van der Waals surface area contributed by atoms with Gasteiger partial charge in [0.15, 0.2) is 5.66 Å². The molecule has 0 spiro atoms. The zero-order valence-electron chi connectivity index (χ0n) is 5.83. The van der Waals surface area contributed by atoms with Gasteiger partial charge in [0.25, 0.3) is 0 Å². The molecule has 0 aliphatic rings. The molecule has 0 amide bonds. The van der Waals surface area contributed by atoms with E-state index in [1.165, 1.54) is 11.8 Å². The Morgan fingerprint density at radius 3 is 2.50 bits per heavy atom. The van der Waals surface area contributed by atoms with E-state index in [0.717, 1.165) is 0 Å². The van der Waals surface area contributed by atoms with Crippen LogP contribution in [0.2, 0.25) is 0 Å². The van der Waals surface area contributed by atoms with Crippen molar-refractivity contribution >= 4 is 17.7 Å². The molecular weight excluding hydrogens is 152 g/mol. The Bertz CT molecular complexity index is 127. The summed E-state index contributed by atoms with van der Waals surface area (Å²) in [6.45, 7) is 0. The van der Waals surface area contributed by atoms with Crippen molar-refractivity contribution < 1.29 is 9.90 Å². The van der Waals surface area contributed by atoms with Gasteiger partial charge in [0.05, 0.1) is 0 Å². The molecule has 0 aliphatic heterocycles. The van der Waals surface area contributed by atoms with Crippen LogP contribution in [0.15, 0.2) is 0 Å². The maximum absolute atomic E-state index is 10.3. The van der Waals surface area contributed by atoms with E-state index < -0.39 is 11.6 Å². The van der Waals surface area contributed by atoms with Crippen LogP contribution in [0.3, 0.4) is 0 Å². The summed E-state index contributed by atoms with van der Waals surface area (Å²) in [7, 11) is 0. The molecule has 5 heteroatoms. The number of nitrogens with two attached hydrogens (primary N) is 2. The first-order valence-electron chi connectivity index (χ1n) is 2.81. The van der Waals surface area contributed by atoms with Gasteiger partial charge in [-0.2, -0.15) is 11.8 Å². The zero-order chi connectivity index (χ0) is 8.20. The molecule has 10 heavy (non-hydrogen) atoms. The van der Waals surface area contributed by atoms with Crippen LogP contribution in [0, 0.1) is 0 Å². The normalized spacial score (nSPS) is 11.5. The lowest BCUT2D eigenvalue weighted by Gasteiger charge is -2.17. The molecule has 4 nitrogen and oxygen atoms in total. The molecule has 0 aliphatic carbocycles. The van der Waals surface area contributed by atoms with E-state index in [1.54, 1.807) is 0 Å². The lowest BCUT2D eigenvalue weighted by molar-refractivity contribution is -0.143. The third kappa shape index (κ3) is 3.05. The van der Waals surface area contributed by atoms with Crippen molar-refractivity contribution in [2.24, 2.45) is 11.5 Å². The zero-order valence-corrected chi connectivity index (χ0v) is 6.65. The van der Waals surface area contributed by atoms with Crippen molar-refractivity contribution in [1.29, 1.82) is 0 Å². The Balaban J connectivity index is 3.75. The molecule has 0 aromatic carbocycles. The third-order valence-electron chi connectivity index (χ3n) is 1.12. The Hall–Kier alpha value is -0.260. The summed E-state index contributed by atoms with van der Waals surface area (Å²) >= 11 is 1.52. The van der Waals surface area contributed by atoms with E-state index in [0.29, 0.717) is 12.2 Å². The minimum atomic E-state index is -1.55. The molecule has 0 saturated carbocycles. The summed E-state index contributed by atoms with van der Waals surface area (Å²) in [4.78, 5) is 10.3. The second kappa shape index (κ2) is 3.80. The Morgan fingerprint density at radius 1 is 1.70 bits per heavy atom. The minimum absolute atomic E-state index is 0.295. The second-order valence-electron chi connectivity index (χ2n) is 2.09. The largest absolute Gasteiger partial charge is 0.479 e. The predicted molar refractivity (Wildman–Crippen MR) is 41.7 cm³/mol. The molecule has 0 bridgehead atoms. The first kappa shape index (κ1) is 9.74. The van der Waals surface area contributed by atoms with Gasteiger partial charge in [0.1, 0.15) is 0 Å². The number of carboxylic acid groups (broad SMARTS) is 1. The van der Waals surface area contributed by atoms with Gasteiger partial charge < -0.3 is 16.6 Å². The van der Waals surface area contributed by atoms with Gasteiger partial charge in [-0.25, -0.2) is 4.79 Å². The maximum Gasteiger partial charge on any atom is 0.338 e. The minimum Gasteiger partial charge on any atom is -0.479 e. The van der Waals surface area contributed by atoms with Crippen molar-refractivity contribution in [2.75, 3.05) is 12.0 Å². The Morgan fingerprint density at radius 2 is 2.20 bits per heavy atom. The van der Waals surface area contributed by atoms with E-state index in [-0.39, 0.29) is 0 Å². The van der Waals surface area contributed by atoms with Gasteiger partial charge in [0, 0.05) is 0 Å². The molecule has 0 saturated heterocycles. The molecule has 0 unspecified atom stereocenters. The van der Waals surface area contributed by atoms with Gasteiger partial charge in [-0.3, -0.25) is 0 Å². The summed E-state index contributed by atoms with van der Waals surface area (Å²) in [6.07, 6.45) is 2.17. The molecule has 0 fully saturated rings. The summed E-state index contributed by atoms with van der Waals surface area (Å²) in [5.41, 5.74) is 8.87. The number of hydrogen-bond donors (Lipinski definition) is 3. The summed E-state index contributed by atoms with van der Waals surface area (Å²) in [5, 5.41) is 8.41. The summed E-state index contributed by atoms with van der Waals surface area (Å²) in [5.74, 6) is -0.485. The maximum atomic E-state index is 10.3. The number of rotatable bonds is 4. The fraction of sp³-hybridized carbons (Fsp3) is 0.800. The topological polar surface area (TPSA) is 89.3 Å². The van der Waals surface area contributed by atoms with Crippen LogP contribution in [0.5, 0.6) is 0 Å². The van der Waals surface area contributed by atoms with Crippen molar-refractivity contribution in [3.05, 3.63) is 0 Å². The molecule has 0 rings (SSSR count). The van der Waals surface area contributed by atoms with Crippen LogP contribution in [-0.2, 0) is 4.79 Å². The number of aliphatic carboxylic acids is 1. The van der Waals surface area contributed by atoms with Crippen LogP contribution in [0.25, 0.3) is 0 Å². The van der Waals surface area contributed by atoms with Crippen LogP contribution in [0.4, 0.5) is 0 Å². The average Bonchev–Trinajstić information content (AvgIpc) is 1.84. The summed E-state index contributed by atoms with van der Waals surface area (Å²) < 4.78 is 0. The van der Waals surface area contributed by atoms with Gasteiger partial charge in [-0.1, -0.05) is 0 Å². The lowest BCUT2D eigenvalue weighted by Crippen LogP contribution is -2.56. The quantitative estimate of drug-likeness (QED) is 0.484. The number of carbonyl (C=O) groups is 1. The Labute approximate surface area is 64.0 Å². The van der Waals surface area contributed by atoms with E-state index in [9.17, 15) is 4.79 Å². The van der Waals surface area contributed by atoms with E-state index in [2.05, 4.69) is 0 Å². The highest BCUT2D eigenvalue weighted by Crippen LogP contribution is 2.04. The van der Waals surface area contributed by atoms with Crippen molar-refractivity contribution in [1.82, 2.24) is 0 Å². The van der Waals surface area contributed by atoms with Crippen LogP contribution < -0.4 is 11.5 Å². The van der Waals surface area contributed by atoms with Crippen molar-refractivity contribution in [3.63, 3.8) is 0 Å². The van der Waals surface area contributed by atoms with Crippen molar-refractivity contribution in [2.45, 2.75) is 12.1 Å². The predicted octanol–water partition coefficient (Wildman–Crippen LogP) is -0.562. The fourth-order valence-corrected chi connectivity index (χ4v) is 0.920. The highest BCUT2D eigenvalue weighted by atomic mass is 32.2.